The molecule has 1 aliphatic heterocycles. The summed E-state index contributed by atoms with van der Waals surface area (Å²) in [6, 6.07) is 19.5. The first-order valence-electron chi connectivity index (χ1n) is 7.75. The van der Waals surface area contributed by atoms with Crippen LogP contribution < -0.4 is 0 Å². The van der Waals surface area contributed by atoms with E-state index in [1.54, 1.807) is 0 Å². The zero-order valence-electron chi connectivity index (χ0n) is 12.6. The van der Waals surface area contributed by atoms with Gasteiger partial charge in [-0.1, -0.05) is 48.5 Å². The molecule has 0 saturated carbocycles. The van der Waals surface area contributed by atoms with Gasteiger partial charge in [-0.25, -0.2) is 0 Å². The molecule has 2 aromatic carbocycles. The molecule has 3 aromatic rings. The topological polar surface area (TPSA) is 19.0 Å². The molecule has 3 heteroatoms. The third-order valence-electron chi connectivity index (χ3n) is 4.43. The monoisotopic (exact) mass is 312 g/mol. The van der Waals surface area contributed by atoms with Crippen LogP contribution in [0.25, 0.3) is 10.9 Å². The largest absolute Gasteiger partial charge is 0.358 e. The second-order valence-corrected chi connectivity index (χ2v) is 5.93. The molecule has 0 radical (unpaired) electrons. The Morgan fingerprint density at radius 3 is 2.59 bits per heavy atom. The van der Waals surface area contributed by atoms with Gasteiger partial charge in [-0.05, 0) is 36.6 Å². The summed E-state index contributed by atoms with van der Waals surface area (Å²) < 4.78 is 0. The Morgan fingerprint density at radius 1 is 0.955 bits per heavy atom. The van der Waals surface area contributed by atoms with Crippen molar-refractivity contribution in [2.24, 2.45) is 0 Å². The maximum Gasteiger partial charge on any atom is 0.0459 e. The molecule has 4 rings (SSSR count). The van der Waals surface area contributed by atoms with Crippen molar-refractivity contribution in [3.63, 3.8) is 0 Å². The quantitative estimate of drug-likeness (QED) is 0.736. The van der Waals surface area contributed by atoms with Crippen LogP contribution in [-0.4, -0.2) is 16.4 Å². The van der Waals surface area contributed by atoms with Crippen LogP contribution in [0.3, 0.4) is 0 Å². The van der Waals surface area contributed by atoms with Gasteiger partial charge >= 0.3 is 0 Å². The van der Waals surface area contributed by atoms with Crippen LogP contribution in [0.5, 0.6) is 0 Å². The molecule has 0 spiro atoms. The normalized spacial score (nSPS) is 15.1. The molecule has 2 heterocycles. The number of benzene rings is 2. The van der Waals surface area contributed by atoms with Gasteiger partial charge in [-0.2, -0.15) is 0 Å². The van der Waals surface area contributed by atoms with Crippen molar-refractivity contribution in [2.45, 2.75) is 25.9 Å². The van der Waals surface area contributed by atoms with E-state index in [0.29, 0.717) is 0 Å². The summed E-state index contributed by atoms with van der Waals surface area (Å²) in [5, 5.41) is 1.40. The van der Waals surface area contributed by atoms with Crippen LogP contribution in [-0.2, 0) is 19.5 Å². The van der Waals surface area contributed by atoms with Crippen LogP contribution in [0.4, 0.5) is 0 Å². The average molecular weight is 313 g/mol. The van der Waals surface area contributed by atoms with E-state index in [0.717, 1.165) is 19.5 Å². The van der Waals surface area contributed by atoms with Gasteiger partial charge in [0, 0.05) is 29.7 Å². The summed E-state index contributed by atoms with van der Waals surface area (Å²) in [6.07, 6.45) is 2.39. The second-order valence-electron chi connectivity index (χ2n) is 5.93. The van der Waals surface area contributed by atoms with E-state index in [-0.39, 0.29) is 12.4 Å². The van der Waals surface area contributed by atoms with Crippen molar-refractivity contribution in [1.82, 2.24) is 9.88 Å². The summed E-state index contributed by atoms with van der Waals surface area (Å²) in [4.78, 5) is 6.18. The molecule has 0 atom stereocenters. The lowest BCUT2D eigenvalue weighted by Crippen LogP contribution is -2.22. The van der Waals surface area contributed by atoms with E-state index in [1.165, 1.54) is 40.7 Å². The molecular formula is C19H21ClN2. The number of hydrogen-bond acceptors (Lipinski definition) is 1. The smallest absolute Gasteiger partial charge is 0.0459 e. The number of fused-ring (bicyclic) bond motifs is 3. The van der Waals surface area contributed by atoms with Gasteiger partial charge in [0.15, 0.2) is 0 Å². The fraction of sp³-hybridized carbons (Fsp3) is 0.263. The van der Waals surface area contributed by atoms with Crippen molar-refractivity contribution in [1.29, 1.82) is 0 Å². The molecular weight excluding hydrogens is 292 g/mol. The second kappa shape index (κ2) is 6.55. The van der Waals surface area contributed by atoms with Gasteiger partial charge in [0.05, 0.1) is 0 Å². The maximum absolute atomic E-state index is 3.61. The third kappa shape index (κ3) is 2.90. The van der Waals surface area contributed by atoms with E-state index in [2.05, 4.69) is 64.5 Å². The van der Waals surface area contributed by atoms with E-state index in [1.807, 2.05) is 0 Å². The summed E-state index contributed by atoms with van der Waals surface area (Å²) >= 11 is 0. The molecule has 2 nitrogen and oxygen atoms in total. The number of halogens is 1. The summed E-state index contributed by atoms with van der Waals surface area (Å²) in [5.41, 5.74) is 5.62. The van der Waals surface area contributed by atoms with Gasteiger partial charge in [0.1, 0.15) is 0 Å². The lowest BCUT2D eigenvalue weighted by atomic mass is 10.1. The lowest BCUT2D eigenvalue weighted by molar-refractivity contribution is 0.262. The molecule has 0 bridgehead atoms. The number of aromatic nitrogens is 1. The van der Waals surface area contributed by atoms with Crippen LogP contribution >= 0.6 is 12.4 Å². The lowest BCUT2D eigenvalue weighted by Gasteiger charge is -2.20. The van der Waals surface area contributed by atoms with E-state index in [4.69, 9.17) is 0 Å². The summed E-state index contributed by atoms with van der Waals surface area (Å²) in [6.45, 7) is 3.26. The van der Waals surface area contributed by atoms with Crippen molar-refractivity contribution in [2.75, 3.05) is 6.54 Å². The number of nitrogens with one attached hydrogen (secondary N) is 1. The minimum atomic E-state index is 0. The Labute approximate surface area is 137 Å². The van der Waals surface area contributed by atoms with Gasteiger partial charge in [0.2, 0.25) is 0 Å². The molecule has 0 amide bonds. The summed E-state index contributed by atoms with van der Waals surface area (Å²) in [5.74, 6) is 0. The van der Waals surface area contributed by atoms with E-state index < -0.39 is 0 Å². The molecule has 22 heavy (non-hydrogen) atoms. The van der Waals surface area contributed by atoms with E-state index in [9.17, 15) is 0 Å². The Kier molecular flexibility index (Phi) is 4.51. The highest BCUT2D eigenvalue weighted by Gasteiger charge is 2.18. The molecule has 0 unspecified atom stereocenters. The SMILES string of the molecule is Cl.c1ccc(CN2CCCc3[nH]c4ccccc4c3C2)cc1. The van der Waals surface area contributed by atoms with Crippen molar-refractivity contribution < 1.29 is 0 Å². The highest BCUT2D eigenvalue weighted by Crippen LogP contribution is 2.27. The molecule has 0 aliphatic carbocycles. The fourth-order valence-electron chi connectivity index (χ4n) is 3.41. The Hall–Kier alpha value is -1.77. The number of nitrogens with zero attached hydrogens (tertiary/aromatic N) is 1. The molecule has 1 N–H and O–H groups in total. The predicted octanol–water partition coefficient (Wildman–Crippen LogP) is 4.54. The standard InChI is InChI=1S/C19H20N2.ClH/c1-2-7-15(8-3-1)13-21-12-6-11-19-17(14-21)16-9-4-5-10-18(16)20-19;/h1-5,7-10,20H,6,11-14H2;1H. The number of H-pyrrole nitrogens is 1. The minimum Gasteiger partial charge on any atom is -0.358 e. The number of rotatable bonds is 2. The minimum absolute atomic E-state index is 0. The zero-order valence-corrected chi connectivity index (χ0v) is 13.4. The maximum atomic E-state index is 3.61. The highest BCUT2D eigenvalue weighted by atomic mass is 35.5. The first kappa shape index (κ1) is 15.1. The number of aryl methyl sites for hydroxylation is 1. The Morgan fingerprint density at radius 2 is 1.73 bits per heavy atom. The average Bonchev–Trinajstić information content (AvgIpc) is 2.74. The number of aromatic amines is 1. The van der Waals surface area contributed by atoms with Gasteiger partial charge in [-0.15, -0.1) is 12.4 Å². The molecule has 114 valence electrons. The van der Waals surface area contributed by atoms with E-state index >= 15 is 0 Å². The van der Waals surface area contributed by atoms with Crippen molar-refractivity contribution >= 4 is 23.3 Å². The Balaban J connectivity index is 0.00000144. The third-order valence-corrected chi connectivity index (χ3v) is 4.43. The number of para-hydroxylation sites is 1. The van der Waals surface area contributed by atoms with Gasteiger partial charge < -0.3 is 4.98 Å². The molecule has 0 fully saturated rings. The van der Waals surface area contributed by atoms with Gasteiger partial charge in [0.25, 0.3) is 0 Å². The van der Waals surface area contributed by atoms with Crippen molar-refractivity contribution in [3.8, 4) is 0 Å². The predicted molar refractivity (Wildman–Crippen MR) is 94.4 cm³/mol. The summed E-state index contributed by atoms with van der Waals surface area (Å²) in [7, 11) is 0. The fourth-order valence-corrected chi connectivity index (χ4v) is 3.41. The zero-order chi connectivity index (χ0) is 14.1. The first-order valence-corrected chi connectivity index (χ1v) is 7.75. The molecule has 1 aliphatic rings. The van der Waals surface area contributed by atoms with Crippen molar-refractivity contribution in [3.05, 3.63) is 71.4 Å². The molecule has 1 aromatic heterocycles. The van der Waals surface area contributed by atoms with Gasteiger partial charge in [-0.3, -0.25) is 4.90 Å². The van der Waals surface area contributed by atoms with Crippen LogP contribution in [0, 0.1) is 0 Å². The van der Waals surface area contributed by atoms with Crippen LogP contribution in [0.1, 0.15) is 23.2 Å². The van der Waals surface area contributed by atoms with Crippen LogP contribution in [0.2, 0.25) is 0 Å². The number of hydrogen-bond donors (Lipinski definition) is 1. The first-order chi connectivity index (χ1) is 10.4. The molecule has 0 saturated heterocycles. The highest BCUT2D eigenvalue weighted by molar-refractivity contribution is 5.85. The van der Waals surface area contributed by atoms with Crippen LogP contribution in [0.15, 0.2) is 54.6 Å². The Bertz CT molecular complexity index is 748.